The van der Waals surface area contributed by atoms with Crippen molar-refractivity contribution in [2.45, 2.75) is 58.0 Å². The summed E-state index contributed by atoms with van der Waals surface area (Å²) in [6, 6.07) is 15.4. The smallest absolute Gasteiger partial charge is 0.200 e. The first kappa shape index (κ1) is 25.9. The number of ether oxygens (including phenoxy) is 2. The van der Waals surface area contributed by atoms with Crippen LogP contribution in [0.25, 0.3) is 11.1 Å². The summed E-state index contributed by atoms with van der Waals surface area (Å²) in [5, 5.41) is 0. The highest BCUT2D eigenvalue weighted by molar-refractivity contribution is 5.64. The molecule has 0 bridgehead atoms. The van der Waals surface area contributed by atoms with Crippen molar-refractivity contribution in [1.29, 1.82) is 0 Å². The highest BCUT2D eigenvalue weighted by atomic mass is 19.2. The maximum absolute atomic E-state index is 14.8. The molecule has 0 unspecified atom stereocenters. The van der Waals surface area contributed by atoms with Crippen LogP contribution in [-0.2, 0) is 6.61 Å². The number of unbranched alkanes of at least 4 members (excludes halogenated alkanes) is 1. The Kier molecular flexibility index (Phi) is 8.74. The molecule has 0 aliphatic heterocycles. The van der Waals surface area contributed by atoms with E-state index in [0.29, 0.717) is 18.1 Å². The average Bonchev–Trinajstić information content (AvgIpc) is 2.89. The molecule has 0 heterocycles. The van der Waals surface area contributed by atoms with Crippen LogP contribution in [0, 0.1) is 23.4 Å². The lowest BCUT2D eigenvalue weighted by molar-refractivity contribution is 0.282. The van der Waals surface area contributed by atoms with Gasteiger partial charge in [-0.05, 0) is 78.0 Å². The minimum absolute atomic E-state index is 0.0695. The monoisotopic (exact) mass is 494 g/mol. The van der Waals surface area contributed by atoms with E-state index in [9.17, 15) is 13.2 Å². The van der Waals surface area contributed by atoms with Crippen molar-refractivity contribution in [3.8, 4) is 22.6 Å². The first-order valence-corrected chi connectivity index (χ1v) is 12.7. The van der Waals surface area contributed by atoms with Crippen molar-refractivity contribution in [3.63, 3.8) is 0 Å². The largest absolute Gasteiger partial charge is 0.491 e. The summed E-state index contributed by atoms with van der Waals surface area (Å²) < 4.78 is 55.0. The van der Waals surface area contributed by atoms with Gasteiger partial charge in [0, 0.05) is 0 Å². The Balaban J connectivity index is 1.36. The Morgan fingerprint density at radius 1 is 0.833 bits per heavy atom. The van der Waals surface area contributed by atoms with E-state index in [0.717, 1.165) is 55.2 Å². The minimum atomic E-state index is -0.926. The zero-order chi connectivity index (χ0) is 25.5. The van der Waals surface area contributed by atoms with E-state index in [2.05, 4.69) is 13.5 Å². The van der Waals surface area contributed by atoms with Gasteiger partial charge in [-0.15, -0.1) is 6.58 Å². The second kappa shape index (κ2) is 12.2. The van der Waals surface area contributed by atoms with E-state index >= 15 is 0 Å². The van der Waals surface area contributed by atoms with Crippen molar-refractivity contribution >= 4 is 0 Å². The quantitative estimate of drug-likeness (QED) is 0.207. The summed E-state index contributed by atoms with van der Waals surface area (Å²) in [7, 11) is 0. The van der Waals surface area contributed by atoms with Crippen LogP contribution in [0.15, 0.2) is 67.3 Å². The van der Waals surface area contributed by atoms with Crippen molar-refractivity contribution in [2.75, 3.05) is 6.61 Å². The fraction of sp³-hybridized carbons (Fsp3) is 0.355. The Morgan fingerprint density at radius 3 is 2.22 bits per heavy atom. The molecule has 0 aromatic heterocycles. The number of allylic oxidation sites excluding steroid dienone is 1. The normalized spacial score (nSPS) is 17.6. The fourth-order valence-electron chi connectivity index (χ4n) is 4.71. The maximum Gasteiger partial charge on any atom is 0.200 e. The van der Waals surface area contributed by atoms with Gasteiger partial charge in [0.1, 0.15) is 6.61 Å². The lowest BCUT2D eigenvalue weighted by atomic mass is 9.79. The molecular weight excluding hydrogens is 461 g/mol. The Hall–Kier alpha value is -3.21. The lowest BCUT2D eigenvalue weighted by Crippen LogP contribution is -2.13. The number of benzene rings is 3. The fourth-order valence-corrected chi connectivity index (χ4v) is 4.71. The van der Waals surface area contributed by atoms with E-state index in [1.165, 1.54) is 12.1 Å². The van der Waals surface area contributed by atoms with Gasteiger partial charge >= 0.3 is 0 Å². The molecule has 0 amide bonds. The van der Waals surface area contributed by atoms with Crippen molar-refractivity contribution in [1.82, 2.24) is 0 Å². The summed E-state index contributed by atoms with van der Waals surface area (Å²) in [4.78, 5) is 0. The first-order chi connectivity index (χ1) is 17.5. The third kappa shape index (κ3) is 6.31. The predicted molar refractivity (Wildman–Crippen MR) is 138 cm³/mol. The third-order valence-electron chi connectivity index (χ3n) is 6.96. The molecule has 3 aromatic rings. The van der Waals surface area contributed by atoms with E-state index in [4.69, 9.17) is 9.47 Å². The number of rotatable bonds is 10. The summed E-state index contributed by atoms with van der Waals surface area (Å²) in [5.74, 6) is -1.28. The lowest BCUT2D eigenvalue weighted by Gasteiger charge is -2.27. The average molecular weight is 495 g/mol. The maximum atomic E-state index is 14.8. The first-order valence-electron chi connectivity index (χ1n) is 12.7. The van der Waals surface area contributed by atoms with Crippen LogP contribution in [-0.4, -0.2) is 6.61 Å². The molecule has 190 valence electrons. The molecule has 1 saturated carbocycles. The molecule has 0 radical (unpaired) electrons. The summed E-state index contributed by atoms with van der Waals surface area (Å²) in [6.07, 6.45) is 7.28. The van der Waals surface area contributed by atoms with E-state index < -0.39 is 17.5 Å². The zero-order valence-corrected chi connectivity index (χ0v) is 20.7. The third-order valence-corrected chi connectivity index (χ3v) is 6.96. The molecule has 1 fully saturated rings. The predicted octanol–water partition coefficient (Wildman–Crippen LogP) is 8.99. The van der Waals surface area contributed by atoms with Crippen LogP contribution >= 0.6 is 0 Å². The second-order valence-corrected chi connectivity index (χ2v) is 9.65. The number of halogens is 3. The van der Waals surface area contributed by atoms with Crippen molar-refractivity contribution < 1.29 is 22.6 Å². The van der Waals surface area contributed by atoms with Gasteiger partial charge in [-0.2, -0.15) is 4.39 Å². The Bertz CT molecular complexity index is 1170. The molecule has 4 rings (SSSR count). The van der Waals surface area contributed by atoms with Gasteiger partial charge in [0.05, 0.1) is 6.61 Å². The van der Waals surface area contributed by atoms with Crippen LogP contribution in [0.1, 0.15) is 62.5 Å². The highest BCUT2D eigenvalue weighted by Gasteiger charge is 2.25. The summed E-state index contributed by atoms with van der Waals surface area (Å²) >= 11 is 0. The second-order valence-electron chi connectivity index (χ2n) is 9.65. The Labute approximate surface area is 211 Å². The minimum Gasteiger partial charge on any atom is -0.491 e. The van der Waals surface area contributed by atoms with Crippen LogP contribution in [0.4, 0.5) is 13.2 Å². The van der Waals surface area contributed by atoms with Crippen LogP contribution in [0.3, 0.4) is 0 Å². The topological polar surface area (TPSA) is 18.5 Å². The van der Waals surface area contributed by atoms with E-state index in [1.807, 2.05) is 30.3 Å². The molecule has 1 aliphatic carbocycles. The van der Waals surface area contributed by atoms with Crippen LogP contribution in [0.2, 0.25) is 0 Å². The molecule has 2 nitrogen and oxygen atoms in total. The molecule has 0 spiro atoms. The zero-order valence-electron chi connectivity index (χ0n) is 20.7. The van der Waals surface area contributed by atoms with Crippen LogP contribution in [0.5, 0.6) is 11.5 Å². The standard InChI is InChI=1S/C31H33F3O2/c1-3-4-5-18-35-28-16-14-25(19-27(28)32)23-12-8-22(9-13-23)20-36-29-17-15-26(30(33)31(29)34)24-10-6-21(2)7-11-24/h3,8-9,12-17,19,21,24H,1,4-7,10-11,18,20H2,2H3. The number of hydrogen-bond donors (Lipinski definition) is 0. The molecule has 5 heteroatoms. The summed E-state index contributed by atoms with van der Waals surface area (Å²) in [6.45, 7) is 6.40. The van der Waals surface area contributed by atoms with Crippen LogP contribution < -0.4 is 9.47 Å². The number of hydrogen-bond acceptors (Lipinski definition) is 2. The highest BCUT2D eigenvalue weighted by Crippen LogP contribution is 2.38. The molecule has 36 heavy (non-hydrogen) atoms. The van der Waals surface area contributed by atoms with E-state index in [1.54, 1.807) is 18.2 Å². The van der Waals surface area contributed by atoms with Gasteiger partial charge in [0.25, 0.3) is 0 Å². The van der Waals surface area contributed by atoms with Gasteiger partial charge < -0.3 is 9.47 Å². The SMILES string of the molecule is C=CCCCOc1ccc(-c2ccc(COc3ccc(C4CCC(C)CC4)c(F)c3F)cc2)cc1F. The van der Waals surface area contributed by atoms with E-state index in [-0.39, 0.29) is 24.0 Å². The van der Waals surface area contributed by atoms with Gasteiger partial charge in [0.15, 0.2) is 23.1 Å². The molecule has 1 aliphatic rings. The molecule has 0 N–H and O–H groups in total. The molecule has 0 saturated heterocycles. The van der Waals surface area contributed by atoms with Crippen molar-refractivity contribution in [3.05, 3.63) is 95.8 Å². The Morgan fingerprint density at radius 2 is 1.53 bits per heavy atom. The van der Waals surface area contributed by atoms with Gasteiger partial charge in [0.2, 0.25) is 5.82 Å². The molecular formula is C31H33F3O2. The summed E-state index contributed by atoms with van der Waals surface area (Å²) in [5.41, 5.74) is 2.81. The van der Waals surface area contributed by atoms with Gasteiger partial charge in [-0.25, -0.2) is 8.78 Å². The van der Waals surface area contributed by atoms with Crippen molar-refractivity contribution in [2.24, 2.45) is 5.92 Å². The molecule has 3 aromatic carbocycles. The van der Waals surface area contributed by atoms with Gasteiger partial charge in [-0.1, -0.05) is 62.2 Å². The van der Waals surface area contributed by atoms with Gasteiger partial charge in [-0.3, -0.25) is 0 Å². The molecule has 0 atom stereocenters.